The second kappa shape index (κ2) is 9.17. The van der Waals surface area contributed by atoms with Crippen LogP contribution in [0.3, 0.4) is 0 Å². The molecule has 0 aromatic heterocycles. The number of likely N-dealkylation sites (tertiary alicyclic amines) is 1. The summed E-state index contributed by atoms with van der Waals surface area (Å²) in [5.74, 6) is 0.779. The van der Waals surface area contributed by atoms with Crippen molar-refractivity contribution in [2.24, 2.45) is 0 Å². The molecule has 1 aromatic carbocycles. The van der Waals surface area contributed by atoms with Gasteiger partial charge in [0, 0.05) is 39.3 Å². The van der Waals surface area contributed by atoms with Gasteiger partial charge in [0.1, 0.15) is 5.75 Å². The first-order valence-corrected chi connectivity index (χ1v) is 9.34. The monoisotopic (exact) mass is 347 g/mol. The van der Waals surface area contributed by atoms with Gasteiger partial charge in [-0.2, -0.15) is 0 Å². The Morgan fingerprint density at radius 3 is 2.28 bits per heavy atom. The van der Waals surface area contributed by atoms with Crippen LogP contribution in [-0.2, 0) is 9.53 Å². The van der Waals surface area contributed by atoms with Crippen molar-refractivity contribution in [2.45, 2.75) is 26.1 Å². The average Bonchev–Trinajstić information content (AvgIpc) is 3.16. The summed E-state index contributed by atoms with van der Waals surface area (Å²) in [7, 11) is 0. The highest BCUT2D eigenvalue weighted by atomic mass is 16.5. The Morgan fingerprint density at radius 1 is 1.00 bits per heavy atom. The molecule has 6 heteroatoms. The van der Waals surface area contributed by atoms with Crippen molar-refractivity contribution in [3.63, 3.8) is 0 Å². The predicted octanol–water partition coefficient (Wildman–Crippen LogP) is 1.63. The largest absolute Gasteiger partial charge is 0.465 e. The number of para-hydroxylation sites is 1. The van der Waals surface area contributed by atoms with Gasteiger partial charge in [-0.15, -0.1) is 0 Å². The van der Waals surface area contributed by atoms with E-state index in [2.05, 4.69) is 14.7 Å². The highest BCUT2D eigenvalue weighted by Gasteiger charge is 2.32. The van der Waals surface area contributed by atoms with Crippen LogP contribution >= 0.6 is 0 Å². The molecule has 0 N–H and O–H groups in total. The van der Waals surface area contributed by atoms with Crippen molar-refractivity contribution in [3.8, 4) is 5.75 Å². The first kappa shape index (κ1) is 18.2. The molecule has 2 fully saturated rings. The minimum absolute atomic E-state index is 0.0188. The van der Waals surface area contributed by atoms with Crippen molar-refractivity contribution < 1.29 is 14.3 Å². The molecule has 6 nitrogen and oxygen atoms in total. The maximum atomic E-state index is 11.7. The summed E-state index contributed by atoms with van der Waals surface area (Å²) in [6.45, 7) is 8.36. The number of hydrogen-bond acceptors (Lipinski definition) is 6. The van der Waals surface area contributed by atoms with Crippen LogP contribution in [0.25, 0.3) is 0 Å². The van der Waals surface area contributed by atoms with Crippen molar-refractivity contribution in [1.29, 1.82) is 0 Å². The Bertz CT molecular complexity index is 526. The Morgan fingerprint density at radius 2 is 1.64 bits per heavy atom. The number of benzene rings is 1. The van der Waals surface area contributed by atoms with Gasteiger partial charge in [0.15, 0.2) is 0 Å². The summed E-state index contributed by atoms with van der Waals surface area (Å²) in [6, 6.07) is 10.0. The molecule has 1 aromatic rings. The summed E-state index contributed by atoms with van der Waals surface area (Å²) in [5.41, 5.74) is 0. The predicted molar refractivity (Wildman–Crippen MR) is 96.3 cm³/mol. The van der Waals surface area contributed by atoms with E-state index in [9.17, 15) is 4.79 Å². The normalized spacial score (nSPS) is 21.2. The Hall–Kier alpha value is -1.63. The fourth-order valence-corrected chi connectivity index (χ4v) is 3.49. The molecule has 0 aliphatic carbocycles. The first-order chi connectivity index (χ1) is 12.3. The van der Waals surface area contributed by atoms with Crippen LogP contribution in [-0.4, -0.2) is 79.4 Å². The standard InChI is InChI=1S/C19H29N3O3/c1-2-24-18(23)16-20-12-14-22(15-13-20)19(21-10-6-7-11-21)25-17-8-4-3-5-9-17/h3-5,8-9,19H,2,6-7,10-16H2,1H3. The second-order valence-electron chi connectivity index (χ2n) is 6.62. The van der Waals surface area contributed by atoms with Gasteiger partial charge in [0.25, 0.3) is 0 Å². The van der Waals surface area contributed by atoms with E-state index in [1.807, 2.05) is 37.3 Å². The fraction of sp³-hybridized carbons (Fsp3) is 0.632. The molecule has 3 rings (SSSR count). The molecule has 0 amide bonds. The zero-order chi connectivity index (χ0) is 17.5. The van der Waals surface area contributed by atoms with Crippen molar-refractivity contribution in [3.05, 3.63) is 30.3 Å². The Balaban J connectivity index is 1.57. The van der Waals surface area contributed by atoms with Crippen LogP contribution in [0.2, 0.25) is 0 Å². The molecule has 0 saturated carbocycles. The quantitative estimate of drug-likeness (QED) is 0.699. The SMILES string of the molecule is CCOC(=O)CN1CCN(C(Oc2ccccc2)N2CCCC2)CC1. The van der Waals surface area contributed by atoms with Crippen molar-refractivity contribution in [2.75, 3.05) is 52.4 Å². The van der Waals surface area contributed by atoms with E-state index >= 15 is 0 Å². The average molecular weight is 347 g/mol. The summed E-state index contributed by atoms with van der Waals surface area (Å²) in [4.78, 5) is 18.6. The van der Waals surface area contributed by atoms with E-state index in [4.69, 9.17) is 9.47 Å². The first-order valence-electron chi connectivity index (χ1n) is 9.34. The molecule has 138 valence electrons. The maximum Gasteiger partial charge on any atom is 0.320 e. The van der Waals surface area contributed by atoms with Gasteiger partial charge in [0.05, 0.1) is 13.2 Å². The number of rotatable bonds is 7. The minimum atomic E-state index is -0.132. The van der Waals surface area contributed by atoms with Crippen molar-refractivity contribution in [1.82, 2.24) is 14.7 Å². The Kier molecular flexibility index (Phi) is 6.67. The number of carbonyl (C=O) groups is 1. The molecule has 2 aliphatic rings. The third-order valence-electron chi connectivity index (χ3n) is 4.82. The minimum Gasteiger partial charge on any atom is -0.465 e. The molecule has 0 bridgehead atoms. The molecule has 1 unspecified atom stereocenters. The summed E-state index contributed by atoms with van der Waals surface area (Å²) < 4.78 is 11.4. The molecule has 1 atom stereocenters. The van der Waals surface area contributed by atoms with Gasteiger partial charge in [-0.25, -0.2) is 0 Å². The molecule has 2 saturated heterocycles. The van der Waals surface area contributed by atoms with E-state index in [1.54, 1.807) is 0 Å². The molecular formula is C19H29N3O3. The van der Waals surface area contributed by atoms with Crippen LogP contribution in [0.1, 0.15) is 19.8 Å². The lowest BCUT2D eigenvalue weighted by Crippen LogP contribution is -2.58. The van der Waals surface area contributed by atoms with Gasteiger partial charge in [-0.1, -0.05) is 18.2 Å². The highest BCUT2D eigenvalue weighted by molar-refractivity contribution is 5.71. The number of nitrogens with zero attached hydrogens (tertiary/aromatic N) is 3. The van der Waals surface area contributed by atoms with Crippen LogP contribution in [0.5, 0.6) is 5.75 Å². The smallest absolute Gasteiger partial charge is 0.320 e. The third kappa shape index (κ3) is 5.17. The number of ether oxygens (including phenoxy) is 2. The lowest BCUT2D eigenvalue weighted by Gasteiger charge is -2.41. The lowest BCUT2D eigenvalue weighted by atomic mass is 10.3. The topological polar surface area (TPSA) is 45.3 Å². The summed E-state index contributed by atoms with van der Waals surface area (Å²) in [5, 5.41) is 0. The number of piperazine rings is 1. The zero-order valence-corrected chi connectivity index (χ0v) is 15.1. The molecule has 0 radical (unpaired) electrons. The van der Waals surface area contributed by atoms with E-state index in [0.717, 1.165) is 45.0 Å². The number of esters is 1. The number of hydrogen-bond donors (Lipinski definition) is 0. The number of carbonyl (C=O) groups excluding carboxylic acids is 1. The molecule has 25 heavy (non-hydrogen) atoms. The van der Waals surface area contributed by atoms with Gasteiger partial charge in [-0.3, -0.25) is 19.5 Å². The van der Waals surface area contributed by atoms with Gasteiger partial charge in [-0.05, 0) is 31.9 Å². The van der Waals surface area contributed by atoms with Crippen molar-refractivity contribution >= 4 is 5.97 Å². The summed E-state index contributed by atoms with van der Waals surface area (Å²) in [6.07, 6.45) is 2.45. The zero-order valence-electron chi connectivity index (χ0n) is 15.1. The molecule has 0 spiro atoms. The van der Waals surface area contributed by atoms with Gasteiger partial charge >= 0.3 is 5.97 Å². The summed E-state index contributed by atoms with van der Waals surface area (Å²) >= 11 is 0. The molecule has 2 heterocycles. The third-order valence-corrected chi connectivity index (χ3v) is 4.82. The van der Waals surface area contributed by atoms with E-state index < -0.39 is 0 Å². The fourth-order valence-electron chi connectivity index (χ4n) is 3.49. The van der Waals surface area contributed by atoms with Crippen LogP contribution in [0, 0.1) is 0 Å². The second-order valence-corrected chi connectivity index (χ2v) is 6.62. The highest BCUT2D eigenvalue weighted by Crippen LogP contribution is 2.21. The van der Waals surface area contributed by atoms with Crippen LogP contribution in [0.4, 0.5) is 0 Å². The van der Waals surface area contributed by atoms with Gasteiger partial charge < -0.3 is 9.47 Å². The maximum absolute atomic E-state index is 11.7. The van der Waals surface area contributed by atoms with Crippen LogP contribution < -0.4 is 4.74 Å². The molecule has 2 aliphatic heterocycles. The Labute approximate surface area is 150 Å². The van der Waals surface area contributed by atoms with E-state index in [0.29, 0.717) is 13.2 Å². The van der Waals surface area contributed by atoms with E-state index in [1.165, 1.54) is 12.8 Å². The lowest BCUT2D eigenvalue weighted by molar-refractivity contribution is -0.146. The van der Waals surface area contributed by atoms with Gasteiger partial charge in [0.2, 0.25) is 6.35 Å². The van der Waals surface area contributed by atoms with E-state index in [-0.39, 0.29) is 12.3 Å². The molecular weight excluding hydrogens is 318 g/mol. The van der Waals surface area contributed by atoms with Crippen LogP contribution in [0.15, 0.2) is 30.3 Å².